The average Bonchev–Trinajstić information content (AvgIpc) is 3.20. The summed E-state index contributed by atoms with van der Waals surface area (Å²) in [6, 6.07) is 9.94. The number of amides is 1. The number of rotatable bonds is 3. The number of aromatic amines is 1. The Balaban J connectivity index is 1.50. The van der Waals surface area contributed by atoms with Crippen LogP contribution in [0.5, 0.6) is 0 Å². The predicted octanol–water partition coefficient (Wildman–Crippen LogP) is 1.82. The molecular formula is C18H23N3O2. The number of likely N-dealkylation sites (tertiary alicyclic amines) is 1. The van der Waals surface area contributed by atoms with Gasteiger partial charge in [-0.25, -0.2) is 0 Å². The summed E-state index contributed by atoms with van der Waals surface area (Å²) < 4.78 is 5.93. The van der Waals surface area contributed by atoms with Gasteiger partial charge >= 0.3 is 0 Å². The van der Waals surface area contributed by atoms with Crippen molar-refractivity contribution in [2.24, 2.45) is 11.8 Å². The normalized spacial score (nSPS) is 27.1. The molecule has 0 saturated carbocycles. The smallest absolute Gasteiger partial charge is 0.270 e. The zero-order valence-electron chi connectivity index (χ0n) is 13.7. The van der Waals surface area contributed by atoms with Crippen molar-refractivity contribution < 1.29 is 9.53 Å². The topological polar surface area (TPSA) is 48.6 Å². The van der Waals surface area contributed by atoms with Crippen molar-refractivity contribution >= 4 is 16.8 Å². The first kappa shape index (κ1) is 14.7. The molecule has 3 atom stereocenters. The van der Waals surface area contributed by atoms with Crippen LogP contribution in [0.1, 0.15) is 10.5 Å². The van der Waals surface area contributed by atoms with Crippen molar-refractivity contribution in [1.29, 1.82) is 0 Å². The van der Waals surface area contributed by atoms with Gasteiger partial charge in [-0.2, -0.15) is 0 Å². The maximum atomic E-state index is 12.8. The number of H-pyrrole nitrogens is 1. The number of aromatic nitrogens is 1. The van der Waals surface area contributed by atoms with E-state index in [1.807, 2.05) is 35.2 Å². The number of fused-ring (bicyclic) bond motifs is 2. The zero-order chi connectivity index (χ0) is 16.0. The lowest BCUT2D eigenvalue weighted by Crippen LogP contribution is -2.33. The van der Waals surface area contributed by atoms with Crippen LogP contribution < -0.4 is 0 Å². The molecule has 2 fully saturated rings. The molecule has 0 aliphatic carbocycles. The van der Waals surface area contributed by atoms with Crippen LogP contribution in [-0.2, 0) is 4.74 Å². The fourth-order valence-corrected chi connectivity index (χ4v) is 3.98. The minimum Gasteiger partial charge on any atom is -0.376 e. The second kappa shape index (κ2) is 5.65. The molecule has 0 unspecified atom stereocenters. The second-order valence-electron chi connectivity index (χ2n) is 7.04. The fraction of sp³-hybridized carbons (Fsp3) is 0.500. The monoisotopic (exact) mass is 313 g/mol. The third-order valence-electron chi connectivity index (χ3n) is 5.09. The molecule has 1 aromatic carbocycles. The summed E-state index contributed by atoms with van der Waals surface area (Å²) in [4.78, 5) is 20.2. The molecule has 1 amide bonds. The van der Waals surface area contributed by atoms with Crippen molar-refractivity contribution in [1.82, 2.24) is 14.8 Å². The minimum atomic E-state index is 0.0859. The van der Waals surface area contributed by atoms with E-state index in [1.54, 1.807) is 0 Å². The van der Waals surface area contributed by atoms with Gasteiger partial charge in [0.25, 0.3) is 5.91 Å². The van der Waals surface area contributed by atoms with Gasteiger partial charge in [-0.1, -0.05) is 18.2 Å². The van der Waals surface area contributed by atoms with Crippen LogP contribution in [0.4, 0.5) is 0 Å². The van der Waals surface area contributed by atoms with Gasteiger partial charge in [0.2, 0.25) is 0 Å². The first-order chi connectivity index (χ1) is 11.1. The Hall–Kier alpha value is -1.85. The second-order valence-corrected chi connectivity index (χ2v) is 7.04. The lowest BCUT2D eigenvalue weighted by molar-refractivity contribution is 0.0667. The van der Waals surface area contributed by atoms with Crippen LogP contribution in [-0.4, -0.2) is 67.1 Å². The third-order valence-corrected chi connectivity index (χ3v) is 5.09. The van der Waals surface area contributed by atoms with Crippen LogP contribution >= 0.6 is 0 Å². The number of para-hydroxylation sites is 1. The van der Waals surface area contributed by atoms with E-state index in [0.717, 1.165) is 30.6 Å². The molecule has 1 N–H and O–H groups in total. The molecule has 2 aliphatic rings. The van der Waals surface area contributed by atoms with Gasteiger partial charge < -0.3 is 19.5 Å². The van der Waals surface area contributed by atoms with Crippen molar-refractivity contribution in [2.45, 2.75) is 6.10 Å². The van der Waals surface area contributed by atoms with E-state index < -0.39 is 0 Å². The maximum absolute atomic E-state index is 12.8. The van der Waals surface area contributed by atoms with Gasteiger partial charge in [-0.05, 0) is 26.2 Å². The van der Waals surface area contributed by atoms with E-state index >= 15 is 0 Å². The summed E-state index contributed by atoms with van der Waals surface area (Å²) in [5, 5.41) is 1.08. The number of hydrogen-bond donors (Lipinski definition) is 1. The van der Waals surface area contributed by atoms with Crippen LogP contribution in [0.15, 0.2) is 30.3 Å². The molecular weight excluding hydrogens is 290 g/mol. The van der Waals surface area contributed by atoms with Crippen LogP contribution in [0.25, 0.3) is 10.9 Å². The van der Waals surface area contributed by atoms with Gasteiger partial charge in [0, 0.05) is 42.4 Å². The van der Waals surface area contributed by atoms with E-state index in [1.165, 1.54) is 0 Å². The van der Waals surface area contributed by atoms with E-state index in [-0.39, 0.29) is 12.0 Å². The molecule has 122 valence electrons. The molecule has 0 bridgehead atoms. The summed E-state index contributed by atoms with van der Waals surface area (Å²) in [6.45, 7) is 3.36. The van der Waals surface area contributed by atoms with Crippen LogP contribution in [0, 0.1) is 11.8 Å². The lowest BCUT2D eigenvalue weighted by Gasteiger charge is -2.21. The first-order valence-electron chi connectivity index (χ1n) is 8.25. The number of carbonyl (C=O) groups is 1. The molecule has 3 heterocycles. The largest absolute Gasteiger partial charge is 0.376 e. The van der Waals surface area contributed by atoms with Crippen molar-refractivity contribution in [3.05, 3.63) is 36.0 Å². The molecule has 0 spiro atoms. The Labute approximate surface area is 136 Å². The van der Waals surface area contributed by atoms with Gasteiger partial charge in [-0.3, -0.25) is 4.79 Å². The maximum Gasteiger partial charge on any atom is 0.270 e. The summed E-state index contributed by atoms with van der Waals surface area (Å²) in [5.74, 6) is 1.07. The molecule has 5 heteroatoms. The number of nitrogens with one attached hydrogen (secondary N) is 1. The SMILES string of the molecule is CN(C)C[C@@H]1CO[C@@H]2CN(C(=O)c3cc4ccccc4[nH]3)C[C@H]12. The highest BCUT2D eigenvalue weighted by molar-refractivity contribution is 5.98. The molecule has 4 rings (SSSR count). The van der Waals surface area contributed by atoms with E-state index in [4.69, 9.17) is 4.74 Å². The van der Waals surface area contributed by atoms with E-state index in [9.17, 15) is 4.79 Å². The summed E-state index contributed by atoms with van der Waals surface area (Å²) in [5.41, 5.74) is 1.69. The molecule has 5 nitrogen and oxygen atoms in total. The molecule has 23 heavy (non-hydrogen) atoms. The third kappa shape index (κ3) is 2.64. The lowest BCUT2D eigenvalue weighted by atomic mass is 9.93. The Bertz CT molecular complexity index is 691. The van der Waals surface area contributed by atoms with Crippen LogP contribution in [0.3, 0.4) is 0 Å². The summed E-state index contributed by atoms with van der Waals surface area (Å²) in [6.07, 6.45) is 0.202. The van der Waals surface area contributed by atoms with Crippen LogP contribution in [0.2, 0.25) is 0 Å². The van der Waals surface area contributed by atoms with E-state index in [0.29, 0.717) is 24.1 Å². The zero-order valence-corrected chi connectivity index (χ0v) is 13.7. The van der Waals surface area contributed by atoms with Crippen molar-refractivity contribution in [2.75, 3.05) is 40.3 Å². The highest BCUT2D eigenvalue weighted by Gasteiger charge is 2.45. The Kier molecular flexibility index (Phi) is 3.62. The van der Waals surface area contributed by atoms with E-state index in [2.05, 4.69) is 24.0 Å². The van der Waals surface area contributed by atoms with Crippen molar-refractivity contribution in [3.63, 3.8) is 0 Å². The number of hydrogen-bond acceptors (Lipinski definition) is 3. The van der Waals surface area contributed by atoms with Gasteiger partial charge in [0.15, 0.2) is 0 Å². The standard InChI is InChI=1S/C18H23N3O2/c1-20(2)8-13-11-23-17-10-21(9-14(13)17)18(22)16-7-12-5-3-4-6-15(12)19-16/h3-7,13-14,17,19H,8-11H2,1-2H3/t13-,14-,17-/m1/s1. The van der Waals surface area contributed by atoms with Crippen molar-refractivity contribution in [3.8, 4) is 0 Å². The van der Waals surface area contributed by atoms with Gasteiger partial charge in [0.05, 0.1) is 12.7 Å². The number of carbonyl (C=O) groups excluding carboxylic acids is 1. The summed E-state index contributed by atoms with van der Waals surface area (Å²) >= 11 is 0. The Morgan fingerprint density at radius 2 is 2.17 bits per heavy atom. The first-order valence-corrected chi connectivity index (χ1v) is 8.25. The van der Waals surface area contributed by atoms with Gasteiger partial charge in [0.1, 0.15) is 5.69 Å². The quantitative estimate of drug-likeness (QED) is 0.940. The van der Waals surface area contributed by atoms with Gasteiger partial charge in [-0.15, -0.1) is 0 Å². The molecule has 0 radical (unpaired) electrons. The Morgan fingerprint density at radius 1 is 1.35 bits per heavy atom. The minimum absolute atomic E-state index is 0.0859. The highest BCUT2D eigenvalue weighted by atomic mass is 16.5. The molecule has 2 aromatic rings. The highest BCUT2D eigenvalue weighted by Crippen LogP contribution is 2.34. The Morgan fingerprint density at radius 3 is 2.96 bits per heavy atom. The molecule has 2 saturated heterocycles. The number of benzene rings is 1. The number of nitrogens with zero attached hydrogens (tertiary/aromatic N) is 2. The fourth-order valence-electron chi connectivity index (χ4n) is 3.98. The predicted molar refractivity (Wildman–Crippen MR) is 89.5 cm³/mol. The number of ether oxygens (including phenoxy) is 1. The molecule has 2 aliphatic heterocycles. The average molecular weight is 313 g/mol. The molecule has 1 aromatic heterocycles. The summed E-state index contributed by atoms with van der Waals surface area (Å²) in [7, 11) is 4.19.